The van der Waals surface area contributed by atoms with Crippen molar-refractivity contribution < 1.29 is 14.7 Å². The van der Waals surface area contributed by atoms with Crippen molar-refractivity contribution in [2.24, 2.45) is 4.99 Å². The summed E-state index contributed by atoms with van der Waals surface area (Å²) in [6.45, 7) is 1.56. The lowest BCUT2D eigenvalue weighted by atomic mass is 10.2. The fourth-order valence-corrected chi connectivity index (χ4v) is 3.62. The summed E-state index contributed by atoms with van der Waals surface area (Å²) in [7, 11) is 0. The first-order valence-electron chi connectivity index (χ1n) is 7.15. The van der Waals surface area contributed by atoms with Crippen LogP contribution in [0.2, 0.25) is 5.02 Å². The molecular weight excluding hydrogens is 348 g/mol. The van der Waals surface area contributed by atoms with Crippen molar-refractivity contribution in [3.63, 3.8) is 0 Å². The summed E-state index contributed by atoms with van der Waals surface area (Å²) in [6, 6.07) is 13.0. The number of nitrogens with zero attached hydrogens (tertiary/aromatic N) is 2. The molecule has 1 unspecified atom stereocenters. The fourth-order valence-electron chi connectivity index (χ4n) is 2.33. The molecular formula is C17H13ClN2O3S. The molecule has 0 aliphatic heterocycles. The van der Waals surface area contributed by atoms with Gasteiger partial charge in [-0.1, -0.05) is 41.1 Å². The highest BCUT2D eigenvalue weighted by molar-refractivity contribution is 7.16. The molecule has 24 heavy (non-hydrogen) atoms. The highest BCUT2D eigenvalue weighted by Crippen LogP contribution is 2.21. The van der Waals surface area contributed by atoms with E-state index in [4.69, 9.17) is 11.6 Å². The molecule has 1 amide bonds. The van der Waals surface area contributed by atoms with Gasteiger partial charge in [0.1, 0.15) is 6.04 Å². The van der Waals surface area contributed by atoms with Gasteiger partial charge in [0, 0.05) is 10.6 Å². The lowest BCUT2D eigenvalue weighted by molar-refractivity contribution is -0.140. The number of rotatable bonds is 3. The first-order valence-corrected chi connectivity index (χ1v) is 8.34. The van der Waals surface area contributed by atoms with Gasteiger partial charge in [-0.3, -0.25) is 4.79 Å². The Kier molecular flexibility index (Phi) is 4.51. The van der Waals surface area contributed by atoms with Crippen molar-refractivity contribution in [3.05, 3.63) is 63.9 Å². The molecule has 1 atom stereocenters. The van der Waals surface area contributed by atoms with E-state index in [0.29, 0.717) is 15.4 Å². The summed E-state index contributed by atoms with van der Waals surface area (Å²) in [5.41, 5.74) is 1.09. The topological polar surface area (TPSA) is 71.7 Å². The molecule has 7 heteroatoms. The number of fused-ring (bicyclic) bond motifs is 1. The number of carboxylic acids is 1. The monoisotopic (exact) mass is 360 g/mol. The van der Waals surface area contributed by atoms with Gasteiger partial charge in [-0.15, -0.1) is 0 Å². The van der Waals surface area contributed by atoms with Crippen molar-refractivity contribution in [1.82, 2.24) is 4.57 Å². The molecule has 0 radical (unpaired) electrons. The number of para-hydroxylation sites is 1. The highest BCUT2D eigenvalue weighted by Gasteiger charge is 2.19. The molecule has 0 aliphatic rings. The van der Waals surface area contributed by atoms with Crippen LogP contribution in [0.1, 0.15) is 23.3 Å². The molecule has 1 heterocycles. The molecule has 1 aromatic heterocycles. The Labute approximate surface area is 146 Å². The summed E-state index contributed by atoms with van der Waals surface area (Å²) in [6.07, 6.45) is 0. The van der Waals surface area contributed by atoms with Gasteiger partial charge < -0.3 is 9.67 Å². The Balaban J connectivity index is 2.19. The van der Waals surface area contributed by atoms with Crippen LogP contribution >= 0.6 is 22.9 Å². The quantitative estimate of drug-likeness (QED) is 0.773. The van der Waals surface area contributed by atoms with E-state index in [1.807, 2.05) is 24.3 Å². The van der Waals surface area contributed by atoms with Gasteiger partial charge in [0.15, 0.2) is 4.80 Å². The van der Waals surface area contributed by atoms with Crippen LogP contribution in [-0.2, 0) is 4.79 Å². The number of carbonyl (C=O) groups is 2. The minimum absolute atomic E-state index is 0.344. The normalized spacial score (nSPS) is 13.2. The van der Waals surface area contributed by atoms with Gasteiger partial charge in [0.25, 0.3) is 5.91 Å². The predicted molar refractivity (Wildman–Crippen MR) is 93.5 cm³/mol. The number of hydrogen-bond acceptors (Lipinski definition) is 3. The number of amides is 1. The standard InChI is InChI=1S/C17H13ClN2O3S/c1-10(16(22)23)20-13-7-2-3-8-14(13)24-17(20)19-15(21)11-5-4-6-12(18)9-11/h2-10H,1H3,(H,22,23). The Morgan fingerprint density at radius 3 is 2.67 bits per heavy atom. The summed E-state index contributed by atoms with van der Waals surface area (Å²) in [4.78, 5) is 28.3. The summed E-state index contributed by atoms with van der Waals surface area (Å²) >= 11 is 7.18. The first kappa shape index (κ1) is 16.4. The number of carboxylic acid groups (broad SMARTS) is 1. The van der Waals surface area contributed by atoms with Crippen molar-refractivity contribution in [1.29, 1.82) is 0 Å². The van der Waals surface area contributed by atoms with Crippen LogP contribution in [-0.4, -0.2) is 21.6 Å². The second-order valence-electron chi connectivity index (χ2n) is 5.16. The minimum Gasteiger partial charge on any atom is -0.480 e. The van der Waals surface area contributed by atoms with Gasteiger partial charge in [-0.25, -0.2) is 4.79 Å². The van der Waals surface area contributed by atoms with E-state index in [-0.39, 0.29) is 0 Å². The number of carbonyl (C=O) groups excluding carboxylic acids is 1. The molecule has 122 valence electrons. The molecule has 0 saturated heterocycles. The van der Waals surface area contributed by atoms with Crippen LogP contribution in [0.15, 0.2) is 53.5 Å². The maximum atomic E-state index is 12.4. The smallest absolute Gasteiger partial charge is 0.326 e. The van der Waals surface area contributed by atoms with E-state index in [9.17, 15) is 14.7 Å². The van der Waals surface area contributed by atoms with Gasteiger partial charge in [0.2, 0.25) is 0 Å². The van der Waals surface area contributed by atoms with E-state index >= 15 is 0 Å². The Morgan fingerprint density at radius 2 is 1.96 bits per heavy atom. The van der Waals surface area contributed by atoms with Crippen molar-refractivity contribution in [2.45, 2.75) is 13.0 Å². The molecule has 2 aromatic carbocycles. The van der Waals surface area contributed by atoms with Crippen molar-refractivity contribution >= 4 is 45.0 Å². The van der Waals surface area contributed by atoms with Gasteiger partial charge in [-0.05, 0) is 37.3 Å². The van der Waals surface area contributed by atoms with Crippen LogP contribution in [0, 0.1) is 0 Å². The molecule has 0 saturated carbocycles. The van der Waals surface area contributed by atoms with Gasteiger partial charge in [-0.2, -0.15) is 4.99 Å². The van der Waals surface area contributed by atoms with E-state index in [1.165, 1.54) is 17.4 Å². The number of thiazole rings is 1. The van der Waals surface area contributed by atoms with Gasteiger partial charge >= 0.3 is 5.97 Å². The summed E-state index contributed by atoms with van der Waals surface area (Å²) in [5, 5.41) is 9.81. The average Bonchev–Trinajstić information content (AvgIpc) is 2.91. The lowest BCUT2D eigenvalue weighted by Gasteiger charge is -2.09. The highest BCUT2D eigenvalue weighted by atomic mass is 35.5. The van der Waals surface area contributed by atoms with Crippen LogP contribution < -0.4 is 4.80 Å². The molecule has 0 aliphatic carbocycles. The van der Waals surface area contributed by atoms with E-state index in [2.05, 4.69) is 4.99 Å². The van der Waals surface area contributed by atoms with E-state index < -0.39 is 17.9 Å². The first-order chi connectivity index (χ1) is 11.5. The number of halogens is 1. The SMILES string of the molecule is CC(C(=O)O)n1c(=NC(=O)c2cccc(Cl)c2)sc2ccccc21. The predicted octanol–water partition coefficient (Wildman–Crippen LogP) is 3.74. The van der Waals surface area contributed by atoms with E-state index in [0.717, 1.165) is 10.2 Å². The molecule has 1 N–H and O–H groups in total. The fraction of sp³-hybridized carbons (Fsp3) is 0.118. The van der Waals surface area contributed by atoms with Gasteiger partial charge in [0.05, 0.1) is 10.2 Å². The second kappa shape index (κ2) is 6.59. The lowest BCUT2D eigenvalue weighted by Crippen LogP contribution is -2.25. The van der Waals surface area contributed by atoms with Crippen LogP contribution in [0.3, 0.4) is 0 Å². The number of benzene rings is 2. The molecule has 5 nitrogen and oxygen atoms in total. The largest absolute Gasteiger partial charge is 0.480 e. The van der Waals surface area contributed by atoms with Crippen molar-refractivity contribution in [3.8, 4) is 0 Å². The summed E-state index contributed by atoms with van der Waals surface area (Å²) < 4.78 is 2.42. The van der Waals surface area contributed by atoms with Crippen LogP contribution in [0.5, 0.6) is 0 Å². The second-order valence-corrected chi connectivity index (χ2v) is 6.61. The van der Waals surface area contributed by atoms with E-state index in [1.54, 1.807) is 29.7 Å². The molecule has 3 rings (SSSR count). The Hall–Kier alpha value is -2.44. The molecule has 0 fully saturated rings. The summed E-state index contributed by atoms with van der Waals surface area (Å²) in [5.74, 6) is -1.45. The Morgan fingerprint density at radius 1 is 1.21 bits per heavy atom. The molecule has 3 aromatic rings. The van der Waals surface area contributed by atoms with Crippen LogP contribution in [0.4, 0.5) is 0 Å². The third-order valence-electron chi connectivity index (χ3n) is 3.55. The Bertz CT molecular complexity index is 1010. The minimum atomic E-state index is -0.991. The molecule has 0 bridgehead atoms. The zero-order valence-electron chi connectivity index (χ0n) is 12.6. The average molecular weight is 361 g/mol. The zero-order chi connectivity index (χ0) is 17.3. The number of aliphatic carboxylic acids is 1. The van der Waals surface area contributed by atoms with Crippen LogP contribution in [0.25, 0.3) is 10.2 Å². The third kappa shape index (κ3) is 3.11. The maximum absolute atomic E-state index is 12.4. The zero-order valence-corrected chi connectivity index (χ0v) is 14.2. The van der Waals surface area contributed by atoms with Crippen molar-refractivity contribution in [2.75, 3.05) is 0 Å². The number of aromatic nitrogens is 1. The third-order valence-corrected chi connectivity index (χ3v) is 4.82. The number of hydrogen-bond donors (Lipinski definition) is 1. The molecule has 0 spiro atoms. The maximum Gasteiger partial charge on any atom is 0.326 e.